The second-order valence-electron chi connectivity index (χ2n) is 7.03. The summed E-state index contributed by atoms with van der Waals surface area (Å²) in [5.41, 5.74) is 2.19. The number of ether oxygens (including phenoxy) is 1. The maximum Gasteiger partial charge on any atom is 0.355 e. The highest BCUT2D eigenvalue weighted by atomic mass is 16.5. The lowest BCUT2D eigenvalue weighted by Crippen LogP contribution is -2.43. The van der Waals surface area contributed by atoms with Crippen molar-refractivity contribution in [1.29, 1.82) is 0 Å². The first-order valence-electron chi connectivity index (χ1n) is 9.24. The first-order chi connectivity index (χ1) is 12.1. The van der Waals surface area contributed by atoms with Gasteiger partial charge in [0.1, 0.15) is 5.69 Å². The molecule has 0 radical (unpaired) electrons. The second-order valence-corrected chi connectivity index (χ2v) is 7.03. The third-order valence-electron chi connectivity index (χ3n) is 4.74. The first-order valence-corrected chi connectivity index (χ1v) is 9.24. The number of aromatic nitrogens is 1. The van der Waals surface area contributed by atoms with Crippen molar-refractivity contribution in [2.75, 3.05) is 13.2 Å². The fraction of sp³-hybridized carbons (Fsp3) is 0.650. The van der Waals surface area contributed by atoms with E-state index in [1.807, 2.05) is 27.7 Å². The molecule has 1 unspecified atom stereocenters. The van der Waals surface area contributed by atoms with Gasteiger partial charge in [0, 0.05) is 31.3 Å². The number of nitrogens with zero attached hydrogens (tertiary/aromatic N) is 2. The standard InChI is InChI=1S/C20H32N2O4/c1-9-22(16(23)11-12(3)4)15(7)19(24)17-13(5)18(20(25)26-10-2)21(8)14(17)6/h12,15H,9-11H2,1-8H3. The van der Waals surface area contributed by atoms with Crippen molar-refractivity contribution in [3.63, 3.8) is 0 Å². The highest BCUT2D eigenvalue weighted by Gasteiger charge is 2.31. The summed E-state index contributed by atoms with van der Waals surface area (Å²) in [6.45, 7) is 13.6. The number of amides is 1. The molecule has 6 heteroatoms. The molecule has 26 heavy (non-hydrogen) atoms. The van der Waals surface area contributed by atoms with Gasteiger partial charge in [-0.25, -0.2) is 4.79 Å². The van der Waals surface area contributed by atoms with Crippen LogP contribution in [0, 0.1) is 19.8 Å². The zero-order valence-corrected chi connectivity index (χ0v) is 17.3. The van der Waals surface area contributed by atoms with E-state index in [1.54, 1.807) is 37.3 Å². The fourth-order valence-electron chi connectivity index (χ4n) is 3.31. The van der Waals surface area contributed by atoms with Crippen molar-refractivity contribution < 1.29 is 19.1 Å². The molecule has 0 N–H and O–H groups in total. The summed E-state index contributed by atoms with van der Waals surface area (Å²) < 4.78 is 6.81. The molecule has 0 aliphatic carbocycles. The third kappa shape index (κ3) is 4.34. The Hall–Kier alpha value is -2.11. The van der Waals surface area contributed by atoms with Crippen molar-refractivity contribution in [3.05, 3.63) is 22.5 Å². The maximum atomic E-state index is 13.2. The number of carbonyl (C=O) groups is 3. The Morgan fingerprint density at radius 2 is 1.69 bits per heavy atom. The molecule has 1 heterocycles. The van der Waals surface area contributed by atoms with E-state index in [2.05, 4.69) is 0 Å². The molecular formula is C20H32N2O4. The lowest BCUT2D eigenvalue weighted by atomic mass is 9.99. The number of rotatable bonds is 8. The summed E-state index contributed by atoms with van der Waals surface area (Å²) in [6, 6.07) is -0.582. The molecule has 0 bridgehead atoms. The van der Waals surface area contributed by atoms with Crippen molar-refractivity contribution in [2.45, 2.75) is 60.9 Å². The van der Waals surface area contributed by atoms with Crippen LogP contribution < -0.4 is 0 Å². The van der Waals surface area contributed by atoms with Gasteiger partial charge >= 0.3 is 5.97 Å². The topological polar surface area (TPSA) is 68.6 Å². The van der Waals surface area contributed by atoms with Crippen LogP contribution in [0.4, 0.5) is 0 Å². The zero-order chi connectivity index (χ0) is 20.2. The average molecular weight is 364 g/mol. The van der Waals surface area contributed by atoms with E-state index in [4.69, 9.17) is 4.74 Å². The molecular weight excluding hydrogens is 332 g/mol. The molecule has 0 saturated carbocycles. The third-order valence-corrected chi connectivity index (χ3v) is 4.74. The lowest BCUT2D eigenvalue weighted by Gasteiger charge is -2.28. The Balaban J connectivity index is 3.26. The van der Waals surface area contributed by atoms with Gasteiger partial charge < -0.3 is 14.2 Å². The van der Waals surface area contributed by atoms with Gasteiger partial charge in [-0.15, -0.1) is 0 Å². The van der Waals surface area contributed by atoms with Crippen LogP contribution in [0.25, 0.3) is 0 Å². The Labute approximate surface area is 156 Å². The molecule has 1 aromatic heterocycles. The van der Waals surface area contributed by atoms with Crippen LogP contribution in [-0.2, 0) is 16.6 Å². The van der Waals surface area contributed by atoms with Crippen LogP contribution >= 0.6 is 0 Å². The largest absolute Gasteiger partial charge is 0.461 e. The minimum Gasteiger partial charge on any atom is -0.461 e. The molecule has 146 valence electrons. The summed E-state index contributed by atoms with van der Waals surface area (Å²) in [7, 11) is 1.75. The van der Waals surface area contributed by atoms with E-state index in [1.165, 1.54) is 0 Å². The summed E-state index contributed by atoms with van der Waals surface area (Å²) in [5.74, 6) is -0.384. The fourth-order valence-corrected chi connectivity index (χ4v) is 3.31. The minimum absolute atomic E-state index is 0.0276. The van der Waals surface area contributed by atoms with Crippen molar-refractivity contribution in [3.8, 4) is 0 Å². The van der Waals surface area contributed by atoms with Crippen molar-refractivity contribution in [2.24, 2.45) is 13.0 Å². The first kappa shape index (κ1) is 21.9. The van der Waals surface area contributed by atoms with Gasteiger partial charge in [0.25, 0.3) is 0 Å². The van der Waals surface area contributed by atoms with E-state index < -0.39 is 12.0 Å². The Morgan fingerprint density at radius 1 is 1.12 bits per heavy atom. The Morgan fingerprint density at radius 3 is 2.15 bits per heavy atom. The minimum atomic E-state index is -0.582. The zero-order valence-electron chi connectivity index (χ0n) is 17.3. The van der Waals surface area contributed by atoms with E-state index in [0.29, 0.717) is 35.5 Å². The van der Waals surface area contributed by atoms with Crippen LogP contribution in [0.5, 0.6) is 0 Å². The SMILES string of the molecule is CCOC(=O)c1c(C)c(C(=O)C(C)N(CC)C(=O)CC(C)C)c(C)n1C. The lowest BCUT2D eigenvalue weighted by molar-refractivity contribution is -0.133. The molecule has 6 nitrogen and oxygen atoms in total. The van der Waals surface area contributed by atoms with Gasteiger partial charge in [-0.05, 0) is 46.1 Å². The highest BCUT2D eigenvalue weighted by molar-refractivity contribution is 6.06. The van der Waals surface area contributed by atoms with Crippen LogP contribution in [-0.4, -0.2) is 46.3 Å². The summed E-state index contributed by atoms with van der Waals surface area (Å²) in [5, 5.41) is 0. The number of carbonyl (C=O) groups excluding carboxylic acids is 3. The summed E-state index contributed by atoms with van der Waals surface area (Å²) >= 11 is 0. The van der Waals surface area contributed by atoms with E-state index in [9.17, 15) is 14.4 Å². The molecule has 0 aromatic carbocycles. The smallest absolute Gasteiger partial charge is 0.355 e. The summed E-state index contributed by atoms with van der Waals surface area (Å²) in [4.78, 5) is 39.5. The van der Waals surface area contributed by atoms with Crippen LogP contribution in [0.15, 0.2) is 0 Å². The number of likely N-dealkylation sites (N-methyl/N-ethyl adjacent to an activating group) is 1. The molecule has 1 aromatic rings. The number of hydrogen-bond acceptors (Lipinski definition) is 4. The van der Waals surface area contributed by atoms with E-state index >= 15 is 0 Å². The maximum absolute atomic E-state index is 13.2. The van der Waals surface area contributed by atoms with Gasteiger partial charge in [-0.3, -0.25) is 9.59 Å². The normalized spacial score (nSPS) is 12.2. The molecule has 0 fully saturated rings. The van der Waals surface area contributed by atoms with E-state index in [0.717, 1.165) is 0 Å². The van der Waals surface area contributed by atoms with Crippen LogP contribution in [0.2, 0.25) is 0 Å². The molecule has 1 amide bonds. The van der Waals surface area contributed by atoms with Crippen molar-refractivity contribution in [1.82, 2.24) is 9.47 Å². The monoisotopic (exact) mass is 364 g/mol. The van der Waals surface area contributed by atoms with Gasteiger partial charge in [0.05, 0.1) is 12.6 Å². The van der Waals surface area contributed by atoms with Crippen LogP contribution in [0.1, 0.15) is 73.1 Å². The van der Waals surface area contributed by atoms with Gasteiger partial charge in [-0.2, -0.15) is 0 Å². The molecule has 0 aliphatic rings. The number of ketones is 1. The quantitative estimate of drug-likeness (QED) is 0.524. The molecule has 0 saturated heterocycles. The molecule has 1 atom stereocenters. The molecule has 0 spiro atoms. The van der Waals surface area contributed by atoms with Gasteiger partial charge in [0.2, 0.25) is 5.91 Å². The Bertz CT molecular complexity index is 688. The van der Waals surface area contributed by atoms with Crippen molar-refractivity contribution >= 4 is 17.7 Å². The second kappa shape index (κ2) is 9.01. The predicted octanol–water partition coefficient (Wildman–Crippen LogP) is 3.28. The number of esters is 1. The number of hydrogen-bond donors (Lipinski definition) is 0. The van der Waals surface area contributed by atoms with E-state index in [-0.39, 0.29) is 24.2 Å². The molecule has 1 rings (SSSR count). The summed E-state index contributed by atoms with van der Waals surface area (Å²) in [6.07, 6.45) is 0.409. The number of Topliss-reactive ketones (excluding diaryl/α,β-unsaturated/α-hetero) is 1. The highest BCUT2D eigenvalue weighted by Crippen LogP contribution is 2.25. The van der Waals surface area contributed by atoms with Crippen LogP contribution in [0.3, 0.4) is 0 Å². The van der Waals surface area contributed by atoms with Gasteiger partial charge in [-0.1, -0.05) is 13.8 Å². The predicted molar refractivity (Wildman–Crippen MR) is 101 cm³/mol. The van der Waals surface area contributed by atoms with Gasteiger partial charge in [0.15, 0.2) is 5.78 Å². The molecule has 0 aliphatic heterocycles. The average Bonchev–Trinajstić information content (AvgIpc) is 2.76. The Kier molecular flexibility index (Phi) is 7.60.